The van der Waals surface area contributed by atoms with Gasteiger partial charge in [0.25, 0.3) is 5.91 Å². The van der Waals surface area contributed by atoms with Crippen LogP contribution in [0.2, 0.25) is 0 Å². The largest absolute Gasteiger partial charge is 0.507 e. The van der Waals surface area contributed by atoms with E-state index in [2.05, 4.69) is 21.2 Å². The number of amides is 1. The number of carbonyl (C=O) groups is 1. The molecule has 4 heteroatoms. The van der Waals surface area contributed by atoms with Crippen LogP contribution in [0.3, 0.4) is 0 Å². The minimum atomic E-state index is -0.263. The second-order valence-electron chi connectivity index (χ2n) is 2.52. The highest BCUT2D eigenvalue weighted by Crippen LogP contribution is 2.21. The number of rotatable bonds is 2. The number of benzene rings is 1. The maximum absolute atomic E-state index is 11.3. The van der Waals surface area contributed by atoms with Crippen LogP contribution in [0.25, 0.3) is 0 Å². The molecule has 0 aliphatic heterocycles. The SMILES string of the molecule is CCNC(=O)c1cc(Br)ccc1O. The number of hydrogen-bond acceptors (Lipinski definition) is 2. The van der Waals surface area contributed by atoms with Gasteiger partial charge in [-0.3, -0.25) is 4.79 Å². The maximum Gasteiger partial charge on any atom is 0.255 e. The summed E-state index contributed by atoms with van der Waals surface area (Å²) in [5.41, 5.74) is 0.288. The number of phenolic OH excluding ortho intramolecular Hbond substituents is 1. The molecule has 3 nitrogen and oxygen atoms in total. The molecule has 1 aromatic carbocycles. The highest BCUT2D eigenvalue weighted by atomic mass is 79.9. The van der Waals surface area contributed by atoms with Crippen molar-refractivity contribution in [1.82, 2.24) is 5.32 Å². The van der Waals surface area contributed by atoms with E-state index >= 15 is 0 Å². The van der Waals surface area contributed by atoms with Gasteiger partial charge >= 0.3 is 0 Å². The molecule has 0 radical (unpaired) electrons. The van der Waals surface area contributed by atoms with E-state index in [1.165, 1.54) is 6.07 Å². The van der Waals surface area contributed by atoms with Crippen LogP contribution in [-0.4, -0.2) is 17.6 Å². The highest BCUT2D eigenvalue weighted by molar-refractivity contribution is 9.10. The number of hydrogen-bond donors (Lipinski definition) is 2. The van der Waals surface area contributed by atoms with Crippen LogP contribution in [0.4, 0.5) is 0 Å². The predicted octanol–water partition coefficient (Wildman–Crippen LogP) is 1.90. The van der Waals surface area contributed by atoms with E-state index in [4.69, 9.17) is 0 Å². The number of aromatic hydroxyl groups is 1. The Morgan fingerprint density at radius 3 is 2.92 bits per heavy atom. The topological polar surface area (TPSA) is 49.3 Å². The van der Waals surface area contributed by atoms with Crippen LogP contribution in [0.15, 0.2) is 22.7 Å². The molecule has 0 fully saturated rings. The van der Waals surface area contributed by atoms with Crippen molar-refractivity contribution in [2.24, 2.45) is 0 Å². The van der Waals surface area contributed by atoms with E-state index < -0.39 is 0 Å². The Morgan fingerprint density at radius 2 is 2.31 bits per heavy atom. The van der Waals surface area contributed by atoms with E-state index in [1.54, 1.807) is 12.1 Å². The minimum absolute atomic E-state index is 0.00542. The molecule has 1 amide bonds. The average Bonchev–Trinajstić information content (AvgIpc) is 2.09. The Kier molecular flexibility index (Phi) is 3.31. The highest BCUT2D eigenvalue weighted by Gasteiger charge is 2.09. The fraction of sp³-hybridized carbons (Fsp3) is 0.222. The van der Waals surface area contributed by atoms with Crippen molar-refractivity contribution in [3.05, 3.63) is 28.2 Å². The molecular formula is C9H10BrNO2. The number of phenols is 1. The molecule has 0 aliphatic rings. The molecular weight excluding hydrogens is 234 g/mol. The third kappa shape index (κ3) is 2.45. The zero-order valence-electron chi connectivity index (χ0n) is 7.17. The molecule has 0 saturated heterocycles. The lowest BCUT2D eigenvalue weighted by Gasteiger charge is -2.04. The molecule has 1 rings (SSSR count). The summed E-state index contributed by atoms with van der Waals surface area (Å²) in [6.07, 6.45) is 0. The van der Waals surface area contributed by atoms with E-state index in [-0.39, 0.29) is 17.2 Å². The monoisotopic (exact) mass is 243 g/mol. The van der Waals surface area contributed by atoms with Crippen molar-refractivity contribution in [2.45, 2.75) is 6.92 Å². The Labute approximate surface area is 84.9 Å². The summed E-state index contributed by atoms with van der Waals surface area (Å²) in [7, 11) is 0. The van der Waals surface area contributed by atoms with Crippen LogP contribution in [-0.2, 0) is 0 Å². The molecule has 0 aliphatic carbocycles. The van der Waals surface area contributed by atoms with Gasteiger partial charge in [0.1, 0.15) is 5.75 Å². The van der Waals surface area contributed by atoms with E-state index in [1.807, 2.05) is 6.92 Å². The summed E-state index contributed by atoms with van der Waals surface area (Å²) < 4.78 is 0.770. The quantitative estimate of drug-likeness (QED) is 0.834. The van der Waals surface area contributed by atoms with Gasteiger partial charge in [0.05, 0.1) is 5.56 Å². The van der Waals surface area contributed by atoms with Crippen LogP contribution in [0.5, 0.6) is 5.75 Å². The van der Waals surface area contributed by atoms with Gasteiger partial charge in [-0.05, 0) is 25.1 Å². The zero-order chi connectivity index (χ0) is 9.84. The van der Waals surface area contributed by atoms with Crippen LogP contribution in [0, 0.1) is 0 Å². The normalized spacial score (nSPS) is 9.69. The molecule has 0 unspecified atom stereocenters. The summed E-state index contributed by atoms with van der Waals surface area (Å²) in [5.74, 6) is -0.268. The van der Waals surface area contributed by atoms with Gasteiger partial charge in [0, 0.05) is 11.0 Å². The first-order chi connectivity index (χ1) is 6.15. The maximum atomic E-state index is 11.3. The zero-order valence-corrected chi connectivity index (χ0v) is 8.76. The molecule has 0 saturated carbocycles. The smallest absolute Gasteiger partial charge is 0.255 e. The standard InChI is InChI=1S/C9H10BrNO2/c1-2-11-9(13)7-5-6(10)3-4-8(7)12/h3-5,12H,2H2,1H3,(H,11,13). The molecule has 2 N–H and O–H groups in total. The van der Waals surface area contributed by atoms with Gasteiger partial charge < -0.3 is 10.4 Å². The summed E-state index contributed by atoms with van der Waals surface area (Å²) in [5, 5.41) is 12.0. The van der Waals surface area contributed by atoms with Gasteiger partial charge in [-0.15, -0.1) is 0 Å². The van der Waals surface area contributed by atoms with Crippen molar-refractivity contribution >= 4 is 21.8 Å². The van der Waals surface area contributed by atoms with Gasteiger partial charge in [-0.2, -0.15) is 0 Å². The first-order valence-electron chi connectivity index (χ1n) is 3.92. The molecule has 0 atom stereocenters. The summed E-state index contributed by atoms with van der Waals surface area (Å²) >= 11 is 3.22. The van der Waals surface area contributed by atoms with E-state index in [9.17, 15) is 9.90 Å². The first-order valence-corrected chi connectivity index (χ1v) is 4.71. The Balaban J connectivity index is 2.99. The number of nitrogens with one attached hydrogen (secondary N) is 1. The van der Waals surface area contributed by atoms with Gasteiger partial charge in [0.15, 0.2) is 0 Å². The van der Waals surface area contributed by atoms with Crippen molar-refractivity contribution in [2.75, 3.05) is 6.54 Å². The molecule has 0 bridgehead atoms. The predicted molar refractivity (Wildman–Crippen MR) is 53.8 cm³/mol. The van der Waals surface area contributed by atoms with Crippen LogP contribution in [0.1, 0.15) is 17.3 Å². The second-order valence-corrected chi connectivity index (χ2v) is 3.44. The molecule has 1 aromatic rings. The number of carbonyl (C=O) groups excluding carboxylic acids is 1. The molecule has 0 aromatic heterocycles. The third-order valence-electron chi connectivity index (χ3n) is 1.54. The molecule has 0 heterocycles. The van der Waals surface area contributed by atoms with Crippen molar-refractivity contribution < 1.29 is 9.90 Å². The van der Waals surface area contributed by atoms with Gasteiger partial charge in [0.2, 0.25) is 0 Å². The lowest BCUT2D eigenvalue weighted by Crippen LogP contribution is -2.22. The average molecular weight is 244 g/mol. The summed E-state index contributed by atoms with van der Waals surface area (Å²) in [6, 6.07) is 4.74. The van der Waals surface area contributed by atoms with Crippen LogP contribution < -0.4 is 5.32 Å². The Bertz CT molecular complexity index is 325. The van der Waals surface area contributed by atoms with E-state index in [0.717, 1.165) is 4.47 Å². The Morgan fingerprint density at radius 1 is 1.62 bits per heavy atom. The van der Waals surface area contributed by atoms with Crippen LogP contribution >= 0.6 is 15.9 Å². The first kappa shape index (κ1) is 10.1. The molecule has 13 heavy (non-hydrogen) atoms. The second kappa shape index (κ2) is 4.28. The van der Waals surface area contributed by atoms with E-state index in [0.29, 0.717) is 6.54 Å². The van der Waals surface area contributed by atoms with Crippen molar-refractivity contribution in [3.8, 4) is 5.75 Å². The van der Waals surface area contributed by atoms with Gasteiger partial charge in [-0.25, -0.2) is 0 Å². The molecule has 70 valence electrons. The fourth-order valence-corrected chi connectivity index (χ4v) is 1.31. The molecule has 0 spiro atoms. The third-order valence-corrected chi connectivity index (χ3v) is 2.03. The lowest BCUT2D eigenvalue weighted by molar-refractivity contribution is 0.0953. The van der Waals surface area contributed by atoms with Gasteiger partial charge in [-0.1, -0.05) is 15.9 Å². The Hall–Kier alpha value is -1.03. The lowest BCUT2D eigenvalue weighted by atomic mass is 10.2. The fourth-order valence-electron chi connectivity index (χ4n) is 0.946. The summed E-state index contributed by atoms with van der Waals surface area (Å²) in [4.78, 5) is 11.3. The summed E-state index contributed by atoms with van der Waals surface area (Å²) in [6.45, 7) is 2.37. The number of halogens is 1. The minimum Gasteiger partial charge on any atom is -0.507 e. The van der Waals surface area contributed by atoms with Crippen molar-refractivity contribution in [3.63, 3.8) is 0 Å². The van der Waals surface area contributed by atoms with Crippen molar-refractivity contribution in [1.29, 1.82) is 0 Å².